The number of ketones is 1. The van der Waals surface area contributed by atoms with Crippen molar-refractivity contribution in [3.63, 3.8) is 0 Å². The Hall–Kier alpha value is -0.240. The number of carbonyl (C=O) groups is 2. The first-order valence-corrected chi connectivity index (χ1v) is 7.78. The number of Topliss-reactive ketones (excluding diaryl/α,β-unsaturated/α-hetero) is 1. The van der Waals surface area contributed by atoms with E-state index in [1.807, 2.05) is 0 Å². The monoisotopic (exact) mass is 410 g/mol. The van der Waals surface area contributed by atoms with Gasteiger partial charge in [0.25, 0.3) is 0 Å². The zero-order valence-electron chi connectivity index (χ0n) is 12.1. The van der Waals surface area contributed by atoms with Crippen LogP contribution in [0.15, 0.2) is 11.6 Å². The number of rotatable bonds is 4. The Kier molecular flexibility index (Phi) is 4.91. The molecule has 0 fully saturated rings. The molecule has 0 aromatic heterocycles. The number of hydroxylamine groups is 2. The maximum Gasteiger partial charge on any atom is 0.342 e. The van der Waals surface area contributed by atoms with Crippen LogP contribution < -0.4 is 0 Å². The van der Waals surface area contributed by atoms with Gasteiger partial charge >= 0.3 is 5.97 Å². The number of nitrogens with zero attached hydrogens (tertiary/aromatic N) is 1. The molecule has 0 unspecified atom stereocenters. The summed E-state index contributed by atoms with van der Waals surface area (Å²) in [4.78, 5) is 24.5. The van der Waals surface area contributed by atoms with E-state index in [4.69, 9.17) is 4.74 Å². The number of ether oxygens (including phenoxy) is 1. The molecule has 1 heterocycles. The van der Waals surface area contributed by atoms with E-state index in [0.29, 0.717) is 0 Å². The van der Waals surface area contributed by atoms with Crippen LogP contribution in [-0.2, 0) is 19.5 Å². The van der Waals surface area contributed by atoms with Crippen molar-refractivity contribution in [1.29, 1.82) is 0 Å². The van der Waals surface area contributed by atoms with Crippen molar-refractivity contribution in [3.05, 3.63) is 11.6 Å². The van der Waals surface area contributed by atoms with Gasteiger partial charge < -0.3 is 4.74 Å². The summed E-state index contributed by atoms with van der Waals surface area (Å²) in [5.41, 5.74) is -1.54. The smallest absolute Gasteiger partial charge is 0.342 e. The quantitative estimate of drug-likeness (QED) is 0.405. The molecule has 0 N–H and O–H groups in total. The molecule has 5 nitrogen and oxygen atoms in total. The van der Waals surface area contributed by atoms with Crippen molar-refractivity contribution in [1.82, 2.24) is 5.06 Å². The summed E-state index contributed by atoms with van der Waals surface area (Å²) in [6.07, 6.45) is 1.60. The molecule has 7 heteroatoms. The average molecular weight is 412 g/mol. The fourth-order valence-corrected chi connectivity index (χ4v) is 2.90. The van der Waals surface area contributed by atoms with Crippen LogP contribution in [0.3, 0.4) is 0 Å². The predicted octanol–water partition coefficient (Wildman–Crippen LogP) is 2.75. The van der Waals surface area contributed by atoms with Gasteiger partial charge in [-0.1, -0.05) is 37.9 Å². The second kappa shape index (κ2) is 5.51. The van der Waals surface area contributed by atoms with E-state index in [1.165, 1.54) is 0 Å². The van der Waals surface area contributed by atoms with Gasteiger partial charge in [-0.15, -0.1) is 10.3 Å². The van der Waals surface area contributed by atoms with Gasteiger partial charge in [-0.2, -0.15) is 0 Å². The second-order valence-electron chi connectivity index (χ2n) is 5.69. The largest absolute Gasteiger partial charge is 0.464 e. The molecule has 0 spiro atoms. The van der Waals surface area contributed by atoms with Gasteiger partial charge in [-0.25, -0.2) is 4.79 Å². The number of carbonyl (C=O) groups excluding carboxylic acids is 2. The number of hydrogen-bond acceptors (Lipinski definition) is 4. The van der Waals surface area contributed by atoms with Gasteiger partial charge in [0.2, 0.25) is 3.23 Å². The average Bonchev–Trinajstić information content (AvgIpc) is 2.49. The predicted molar refractivity (Wildman–Crippen MR) is 81.0 cm³/mol. The highest BCUT2D eigenvalue weighted by atomic mass is 79.9. The highest BCUT2D eigenvalue weighted by molar-refractivity contribution is 9.26. The Balaban J connectivity index is 3.18. The summed E-state index contributed by atoms with van der Waals surface area (Å²) >= 11 is 6.13. The normalized spacial score (nSPS) is 21.5. The molecule has 0 aromatic rings. The molecule has 0 atom stereocenters. The summed E-state index contributed by atoms with van der Waals surface area (Å²) in [5, 5.41) is 13.1. The minimum Gasteiger partial charge on any atom is -0.464 e. The topological polar surface area (TPSA) is 66.5 Å². The van der Waals surface area contributed by atoms with Gasteiger partial charge in [0, 0.05) is 5.57 Å². The van der Waals surface area contributed by atoms with Gasteiger partial charge in [-0.3, -0.25) is 4.79 Å². The molecule has 20 heavy (non-hydrogen) atoms. The van der Waals surface area contributed by atoms with Gasteiger partial charge in [-0.05, 0) is 34.6 Å². The Morgan fingerprint density at radius 2 is 1.80 bits per heavy atom. The molecule has 1 aliphatic rings. The third kappa shape index (κ3) is 2.86. The molecule has 0 aromatic carbocycles. The second-order valence-corrected chi connectivity index (χ2v) is 9.13. The molecule has 0 saturated carbocycles. The molecule has 1 aliphatic heterocycles. The van der Waals surface area contributed by atoms with Crippen molar-refractivity contribution in [3.8, 4) is 0 Å². The molecule has 1 rings (SSSR count). The summed E-state index contributed by atoms with van der Waals surface area (Å²) in [7, 11) is 0. The molecule has 1 radical (unpaired) electrons. The Morgan fingerprint density at radius 3 is 2.15 bits per heavy atom. The first-order chi connectivity index (χ1) is 8.89. The summed E-state index contributed by atoms with van der Waals surface area (Å²) in [6.45, 7) is 8.55. The number of hydrogen-bond donors (Lipinski definition) is 0. The van der Waals surface area contributed by atoms with E-state index in [-0.39, 0.29) is 12.2 Å². The fourth-order valence-electron chi connectivity index (χ4n) is 2.25. The Morgan fingerprint density at radius 1 is 1.30 bits per heavy atom. The lowest BCUT2D eigenvalue weighted by atomic mass is 9.91. The van der Waals surface area contributed by atoms with Crippen LogP contribution in [0.2, 0.25) is 0 Å². The van der Waals surface area contributed by atoms with E-state index in [9.17, 15) is 14.8 Å². The van der Waals surface area contributed by atoms with Gasteiger partial charge in [0.05, 0.1) is 17.7 Å². The van der Waals surface area contributed by atoms with E-state index >= 15 is 0 Å². The van der Waals surface area contributed by atoms with Crippen molar-refractivity contribution in [2.24, 2.45) is 0 Å². The lowest BCUT2D eigenvalue weighted by Crippen LogP contribution is -2.49. The molecule has 0 amide bonds. The Bertz CT molecular complexity index is 469. The number of halogens is 2. The maximum absolute atomic E-state index is 12.6. The standard InChI is InChI=1S/C13H18Br2NO4/c1-6-20-10(18)13(14,15)9(17)8-7-11(2,3)16(19)12(8,4)5/h7H,6H2,1-5H3. The highest BCUT2D eigenvalue weighted by Gasteiger charge is 2.54. The lowest BCUT2D eigenvalue weighted by molar-refractivity contribution is -0.238. The summed E-state index contributed by atoms with van der Waals surface area (Å²) < 4.78 is 3.20. The van der Waals surface area contributed by atoms with Gasteiger partial charge in [0.1, 0.15) is 0 Å². The van der Waals surface area contributed by atoms with Crippen molar-refractivity contribution < 1.29 is 19.5 Å². The third-order valence-corrected chi connectivity index (χ3v) is 4.62. The fraction of sp³-hybridized carbons (Fsp3) is 0.692. The molecule has 0 saturated heterocycles. The molecule has 0 aliphatic carbocycles. The van der Waals surface area contributed by atoms with Crippen LogP contribution in [0.1, 0.15) is 34.6 Å². The number of esters is 1. The van der Waals surface area contributed by atoms with Crippen LogP contribution in [0, 0.1) is 0 Å². The first kappa shape index (κ1) is 17.8. The van der Waals surface area contributed by atoms with Crippen LogP contribution in [0.25, 0.3) is 0 Å². The molecular weight excluding hydrogens is 394 g/mol. The minimum atomic E-state index is -1.67. The third-order valence-electron chi connectivity index (χ3n) is 3.25. The van der Waals surface area contributed by atoms with Gasteiger partial charge in [0.15, 0.2) is 5.78 Å². The van der Waals surface area contributed by atoms with Crippen LogP contribution >= 0.6 is 31.9 Å². The Labute approximate surface area is 135 Å². The maximum atomic E-state index is 12.6. The highest BCUT2D eigenvalue weighted by Crippen LogP contribution is 2.43. The first-order valence-electron chi connectivity index (χ1n) is 6.19. The molecular formula is C13H18Br2NO4. The van der Waals surface area contributed by atoms with E-state index in [2.05, 4.69) is 31.9 Å². The zero-order valence-corrected chi connectivity index (χ0v) is 15.3. The van der Waals surface area contributed by atoms with E-state index in [1.54, 1.807) is 40.7 Å². The molecule has 113 valence electrons. The zero-order chi connectivity index (χ0) is 15.9. The van der Waals surface area contributed by atoms with E-state index in [0.717, 1.165) is 5.06 Å². The van der Waals surface area contributed by atoms with Crippen molar-refractivity contribution in [2.45, 2.75) is 48.9 Å². The van der Waals surface area contributed by atoms with E-state index < -0.39 is 26.1 Å². The minimum absolute atomic E-state index is 0.159. The lowest BCUT2D eigenvalue weighted by Gasteiger charge is -2.34. The summed E-state index contributed by atoms with van der Waals surface area (Å²) in [6, 6.07) is 0. The van der Waals surface area contributed by atoms with Crippen LogP contribution in [-0.4, -0.2) is 37.7 Å². The number of alkyl halides is 2. The van der Waals surface area contributed by atoms with Crippen LogP contribution in [0.5, 0.6) is 0 Å². The SMILES string of the molecule is CCOC(=O)C(Br)(Br)C(=O)C1=CC(C)(C)N([O])C1(C)C. The molecule has 0 bridgehead atoms. The summed E-state index contributed by atoms with van der Waals surface area (Å²) in [5.74, 6) is -1.25. The van der Waals surface area contributed by atoms with Crippen LogP contribution in [0.4, 0.5) is 0 Å². The van der Waals surface area contributed by atoms with Crippen molar-refractivity contribution >= 4 is 43.6 Å². The van der Waals surface area contributed by atoms with Crippen molar-refractivity contribution in [2.75, 3.05) is 6.61 Å².